The molecule has 1 aromatic rings. The van der Waals surface area contributed by atoms with E-state index in [1.807, 2.05) is 0 Å². The number of nitrogens with one attached hydrogen (secondary N) is 1. The van der Waals surface area contributed by atoms with Crippen LogP contribution in [-0.4, -0.2) is 12.7 Å². The standard InChI is InChI=1S/C9H10F4N2/c10-8-3-7(14)2-1-6(8)4-15-5-9(11,12)13/h1-3,15H,4-5,14H2. The lowest BCUT2D eigenvalue weighted by atomic mass is 10.2. The van der Waals surface area contributed by atoms with Gasteiger partial charge < -0.3 is 11.1 Å². The largest absolute Gasteiger partial charge is 0.401 e. The van der Waals surface area contributed by atoms with Crippen LogP contribution in [0.5, 0.6) is 0 Å². The molecule has 0 saturated heterocycles. The van der Waals surface area contributed by atoms with Crippen molar-refractivity contribution in [2.75, 3.05) is 12.3 Å². The molecule has 2 nitrogen and oxygen atoms in total. The van der Waals surface area contributed by atoms with Crippen molar-refractivity contribution in [2.24, 2.45) is 0 Å². The summed E-state index contributed by atoms with van der Waals surface area (Å²) in [5.74, 6) is -0.607. The smallest absolute Gasteiger partial charge is 0.399 e. The van der Waals surface area contributed by atoms with Gasteiger partial charge in [0.2, 0.25) is 0 Å². The lowest BCUT2D eigenvalue weighted by Crippen LogP contribution is -2.28. The van der Waals surface area contributed by atoms with Crippen LogP contribution in [-0.2, 0) is 6.54 Å². The maximum absolute atomic E-state index is 13.1. The second-order valence-electron chi connectivity index (χ2n) is 3.07. The topological polar surface area (TPSA) is 38.0 Å². The third-order valence-corrected chi connectivity index (χ3v) is 1.72. The van der Waals surface area contributed by atoms with Gasteiger partial charge in [0.25, 0.3) is 0 Å². The quantitative estimate of drug-likeness (QED) is 0.606. The zero-order valence-corrected chi connectivity index (χ0v) is 7.74. The van der Waals surface area contributed by atoms with Crippen molar-refractivity contribution in [3.8, 4) is 0 Å². The molecule has 84 valence electrons. The van der Waals surface area contributed by atoms with E-state index in [9.17, 15) is 17.6 Å². The van der Waals surface area contributed by atoms with Crippen LogP contribution >= 0.6 is 0 Å². The van der Waals surface area contributed by atoms with Gasteiger partial charge in [0, 0.05) is 17.8 Å². The fraction of sp³-hybridized carbons (Fsp3) is 0.333. The summed E-state index contributed by atoms with van der Waals surface area (Å²) in [6.07, 6.45) is -4.29. The average molecular weight is 222 g/mol. The number of halogens is 4. The molecule has 0 atom stereocenters. The van der Waals surface area contributed by atoms with Crippen molar-refractivity contribution in [3.63, 3.8) is 0 Å². The molecule has 1 rings (SSSR count). The van der Waals surface area contributed by atoms with Gasteiger partial charge in [-0.3, -0.25) is 0 Å². The Balaban J connectivity index is 2.51. The second kappa shape index (κ2) is 4.48. The van der Waals surface area contributed by atoms with Crippen molar-refractivity contribution < 1.29 is 17.6 Å². The summed E-state index contributed by atoms with van der Waals surface area (Å²) in [5, 5.41) is 2.10. The molecule has 0 heterocycles. The fourth-order valence-electron chi connectivity index (χ4n) is 1.05. The Labute approximate surface area is 84.1 Å². The van der Waals surface area contributed by atoms with E-state index in [0.29, 0.717) is 0 Å². The van der Waals surface area contributed by atoms with Crippen LogP contribution < -0.4 is 11.1 Å². The normalized spacial score (nSPS) is 11.7. The number of hydrogen-bond acceptors (Lipinski definition) is 2. The third-order valence-electron chi connectivity index (χ3n) is 1.72. The minimum absolute atomic E-state index is 0.161. The molecule has 0 aromatic heterocycles. The highest BCUT2D eigenvalue weighted by atomic mass is 19.4. The molecule has 0 aliphatic rings. The van der Waals surface area contributed by atoms with Crippen LogP contribution in [0.4, 0.5) is 23.2 Å². The summed E-state index contributed by atoms with van der Waals surface area (Å²) in [5.41, 5.74) is 5.69. The SMILES string of the molecule is Nc1ccc(CNCC(F)(F)F)c(F)c1. The Morgan fingerprint density at radius 3 is 2.47 bits per heavy atom. The summed E-state index contributed by atoms with van der Waals surface area (Å²) in [4.78, 5) is 0. The highest BCUT2D eigenvalue weighted by molar-refractivity contribution is 5.40. The Bertz CT molecular complexity index is 335. The van der Waals surface area contributed by atoms with Crippen LogP contribution in [0.3, 0.4) is 0 Å². The molecule has 0 fully saturated rings. The summed E-state index contributed by atoms with van der Waals surface area (Å²) in [7, 11) is 0. The van der Waals surface area contributed by atoms with Crippen LogP contribution in [0.1, 0.15) is 5.56 Å². The van der Waals surface area contributed by atoms with Crippen LogP contribution in [0, 0.1) is 5.82 Å². The molecule has 0 unspecified atom stereocenters. The number of rotatable bonds is 3. The highest BCUT2D eigenvalue weighted by Gasteiger charge is 2.26. The van der Waals surface area contributed by atoms with Crippen LogP contribution in [0.2, 0.25) is 0 Å². The minimum Gasteiger partial charge on any atom is -0.399 e. The van der Waals surface area contributed by atoms with Crippen molar-refractivity contribution >= 4 is 5.69 Å². The van der Waals surface area contributed by atoms with Crippen molar-refractivity contribution in [1.82, 2.24) is 5.32 Å². The Hall–Kier alpha value is -1.30. The van der Waals surface area contributed by atoms with Gasteiger partial charge in [-0.2, -0.15) is 13.2 Å². The van der Waals surface area contributed by atoms with E-state index in [0.717, 1.165) is 6.07 Å². The first-order valence-corrected chi connectivity index (χ1v) is 4.20. The van der Waals surface area contributed by atoms with Gasteiger partial charge >= 0.3 is 6.18 Å². The molecule has 1 aromatic carbocycles. The van der Waals surface area contributed by atoms with Gasteiger partial charge in [-0.15, -0.1) is 0 Å². The molecular formula is C9H10F4N2. The molecule has 15 heavy (non-hydrogen) atoms. The van der Waals surface area contributed by atoms with Gasteiger partial charge in [0.05, 0.1) is 6.54 Å². The molecule has 0 aliphatic heterocycles. The molecule has 0 radical (unpaired) electrons. The lowest BCUT2D eigenvalue weighted by Gasteiger charge is -2.08. The first kappa shape index (κ1) is 11.8. The molecule has 6 heteroatoms. The molecule has 3 N–H and O–H groups in total. The van der Waals surface area contributed by atoms with E-state index in [2.05, 4.69) is 5.32 Å². The summed E-state index contributed by atoms with van der Waals surface area (Å²) in [6, 6.07) is 3.87. The number of anilines is 1. The number of nitrogens with two attached hydrogens (primary N) is 1. The predicted molar refractivity (Wildman–Crippen MR) is 48.6 cm³/mol. The summed E-state index contributed by atoms with van der Waals surface area (Å²) in [6.45, 7) is -1.32. The number of hydrogen-bond donors (Lipinski definition) is 2. The highest BCUT2D eigenvalue weighted by Crippen LogP contribution is 2.14. The minimum atomic E-state index is -4.29. The van der Waals surface area contributed by atoms with E-state index in [1.165, 1.54) is 12.1 Å². The molecule has 0 bridgehead atoms. The molecule has 0 aliphatic carbocycles. The van der Waals surface area contributed by atoms with E-state index < -0.39 is 18.5 Å². The first-order chi connectivity index (χ1) is 6.88. The van der Waals surface area contributed by atoms with Crippen molar-refractivity contribution in [3.05, 3.63) is 29.6 Å². The van der Waals surface area contributed by atoms with Gasteiger partial charge in [-0.1, -0.05) is 6.07 Å². The second-order valence-corrected chi connectivity index (χ2v) is 3.07. The van der Waals surface area contributed by atoms with E-state index in [-0.39, 0.29) is 17.8 Å². The van der Waals surface area contributed by atoms with Crippen molar-refractivity contribution in [2.45, 2.75) is 12.7 Å². The lowest BCUT2D eigenvalue weighted by molar-refractivity contribution is -0.125. The number of benzene rings is 1. The molecular weight excluding hydrogens is 212 g/mol. The Morgan fingerprint density at radius 1 is 1.27 bits per heavy atom. The van der Waals surface area contributed by atoms with Crippen molar-refractivity contribution in [1.29, 1.82) is 0 Å². The van der Waals surface area contributed by atoms with Gasteiger partial charge in [0.1, 0.15) is 5.82 Å². The van der Waals surface area contributed by atoms with E-state index >= 15 is 0 Å². The maximum Gasteiger partial charge on any atom is 0.401 e. The van der Waals surface area contributed by atoms with Gasteiger partial charge in [-0.05, 0) is 12.1 Å². The third kappa shape index (κ3) is 4.16. The van der Waals surface area contributed by atoms with Gasteiger partial charge in [-0.25, -0.2) is 4.39 Å². The predicted octanol–water partition coefficient (Wildman–Crippen LogP) is 2.06. The summed E-state index contributed by atoms with van der Waals surface area (Å²) < 4.78 is 48.3. The zero-order valence-electron chi connectivity index (χ0n) is 7.74. The Kier molecular flexibility index (Phi) is 3.52. The van der Waals surface area contributed by atoms with Crippen LogP contribution in [0.15, 0.2) is 18.2 Å². The molecule has 0 amide bonds. The van der Waals surface area contributed by atoms with Crippen LogP contribution in [0.25, 0.3) is 0 Å². The van der Waals surface area contributed by atoms with Gasteiger partial charge in [0.15, 0.2) is 0 Å². The zero-order chi connectivity index (χ0) is 11.5. The average Bonchev–Trinajstić information content (AvgIpc) is 2.07. The molecule has 0 spiro atoms. The monoisotopic (exact) mass is 222 g/mol. The van der Waals surface area contributed by atoms with E-state index in [4.69, 9.17) is 5.73 Å². The number of nitrogen functional groups attached to an aromatic ring is 1. The maximum atomic E-state index is 13.1. The Morgan fingerprint density at radius 2 is 1.93 bits per heavy atom. The fourth-order valence-corrected chi connectivity index (χ4v) is 1.05. The van der Waals surface area contributed by atoms with E-state index in [1.54, 1.807) is 0 Å². The number of alkyl halides is 3. The summed E-state index contributed by atoms with van der Waals surface area (Å²) >= 11 is 0. The first-order valence-electron chi connectivity index (χ1n) is 4.20. The molecule has 0 saturated carbocycles.